The molecule has 45 heavy (non-hydrogen) atoms. The lowest BCUT2D eigenvalue weighted by Crippen LogP contribution is -2.51. The number of aliphatic carboxylic acids is 2. The summed E-state index contributed by atoms with van der Waals surface area (Å²) in [7, 11) is -2.33. The van der Waals surface area contributed by atoms with Crippen molar-refractivity contribution in [3.05, 3.63) is 24.3 Å². The second-order valence-corrected chi connectivity index (χ2v) is 16.3. The van der Waals surface area contributed by atoms with Gasteiger partial charge in [0.05, 0.1) is 13.0 Å². The highest BCUT2D eigenvalue weighted by atomic mass is 28.4. The Morgan fingerprint density at radius 1 is 0.889 bits per heavy atom. The maximum absolute atomic E-state index is 12.9. The molecular weight excluding hydrogens is 604 g/mol. The molecule has 1 aromatic carbocycles. The molecule has 0 radical (unpaired) electrons. The van der Waals surface area contributed by atoms with Gasteiger partial charge < -0.3 is 47.2 Å². The van der Waals surface area contributed by atoms with Gasteiger partial charge >= 0.3 is 11.9 Å². The molecule has 1 aromatic rings. The number of carbonyl (C=O) groups is 5. The summed E-state index contributed by atoms with van der Waals surface area (Å²) in [5.74, 6) is -4.16. The van der Waals surface area contributed by atoms with Crippen LogP contribution in [0.1, 0.15) is 66.2 Å². The number of amides is 3. The van der Waals surface area contributed by atoms with Crippen LogP contribution in [-0.2, 0) is 24.0 Å². The van der Waals surface area contributed by atoms with Crippen LogP contribution in [-0.4, -0.2) is 84.4 Å². The summed E-state index contributed by atoms with van der Waals surface area (Å²) in [6, 6.07) is 4.78. The number of nitrogens with zero attached hydrogens (tertiary/aromatic N) is 1. The lowest BCUT2D eigenvalue weighted by atomic mass is 10.1. The van der Waals surface area contributed by atoms with E-state index in [-0.39, 0.29) is 48.1 Å². The van der Waals surface area contributed by atoms with E-state index in [0.29, 0.717) is 18.6 Å². The molecule has 1 rings (SSSR count). The minimum atomic E-state index is -2.33. The summed E-state index contributed by atoms with van der Waals surface area (Å²) in [5, 5.41) is 34.7. The lowest BCUT2D eigenvalue weighted by Gasteiger charge is -2.39. The van der Waals surface area contributed by atoms with Crippen LogP contribution in [0, 0.1) is 0 Å². The molecule has 0 heterocycles. The van der Waals surface area contributed by atoms with Crippen molar-refractivity contribution in [2.45, 2.75) is 95.4 Å². The Kier molecular flexibility index (Phi) is 16.4. The predicted molar refractivity (Wildman–Crippen MR) is 170 cm³/mol. The van der Waals surface area contributed by atoms with Crippen molar-refractivity contribution in [3.8, 4) is 11.5 Å². The molecule has 0 unspecified atom stereocenters. The molecule has 0 aliphatic carbocycles. The van der Waals surface area contributed by atoms with Crippen molar-refractivity contribution >= 4 is 43.9 Å². The molecule has 16 heteroatoms. The number of rotatable bonds is 21. The number of nitrogens with two attached hydrogens (primary N) is 2. The van der Waals surface area contributed by atoms with Crippen LogP contribution in [0.5, 0.6) is 11.5 Å². The number of phenols is 1. The molecule has 2 atom stereocenters. The van der Waals surface area contributed by atoms with E-state index in [0.717, 1.165) is 12.5 Å². The van der Waals surface area contributed by atoms with Crippen molar-refractivity contribution in [3.63, 3.8) is 0 Å². The Morgan fingerprint density at radius 3 is 2.02 bits per heavy atom. The number of aliphatic imine (C=N–C) groups is 1. The molecular formula is C29H48N6O9Si. The van der Waals surface area contributed by atoms with E-state index < -0.39 is 57.1 Å². The zero-order valence-corrected chi connectivity index (χ0v) is 27.4. The second kappa shape index (κ2) is 19.1. The molecule has 0 saturated heterocycles. The van der Waals surface area contributed by atoms with Gasteiger partial charge in [-0.3, -0.25) is 24.2 Å². The third-order valence-corrected chi connectivity index (χ3v) is 13.0. The van der Waals surface area contributed by atoms with Crippen LogP contribution in [0.3, 0.4) is 0 Å². The molecule has 0 bridgehead atoms. The van der Waals surface area contributed by atoms with Gasteiger partial charge in [0.2, 0.25) is 17.7 Å². The van der Waals surface area contributed by atoms with E-state index in [1.807, 2.05) is 5.32 Å². The molecule has 10 N–H and O–H groups in total. The van der Waals surface area contributed by atoms with Gasteiger partial charge in [-0.25, -0.2) is 4.79 Å². The van der Waals surface area contributed by atoms with E-state index in [2.05, 4.69) is 43.3 Å². The maximum Gasteiger partial charge on any atom is 0.326 e. The number of carboxylic acid groups (broad SMARTS) is 2. The van der Waals surface area contributed by atoms with Crippen molar-refractivity contribution in [2.24, 2.45) is 16.5 Å². The predicted octanol–water partition coefficient (Wildman–Crippen LogP) is 1.41. The van der Waals surface area contributed by atoms with Crippen LogP contribution >= 0.6 is 0 Å². The summed E-state index contributed by atoms with van der Waals surface area (Å²) in [6.45, 7) is 8.13. The number of aromatic hydroxyl groups is 1. The highest BCUT2D eigenvalue weighted by Crippen LogP contribution is 2.39. The molecule has 0 aliphatic heterocycles. The first kappa shape index (κ1) is 38.7. The van der Waals surface area contributed by atoms with E-state index in [4.69, 9.17) is 26.1 Å². The fourth-order valence-corrected chi connectivity index (χ4v) is 9.34. The zero-order chi connectivity index (χ0) is 34.2. The molecule has 0 spiro atoms. The summed E-state index contributed by atoms with van der Waals surface area (Å²) in [6.07, 6.45) is 1.07. The standard InChI is InChI=1S/C29H48N6O9Si/c1-18(2)45(19(3)4,44-21-12-10-20(36)11-13-21)15-6-5-9-24(37)34-22(8-7-14-32-29(30)31)27(41)33-17-25(38)35-23(28(42)43)16-26(39)40/h10-13,18-19,22-23,36H,5-9,14-17H2,1-4H3,(H,33,41)(H,34,37)(H,35,38)(H,39,40)(H,42,43)(H4,30,31,32)/t22-,23-/m0/s1. The van der Waals surface area contributed by atoms with Gasteiger partial charge in [-0.2, -0.15) is 0 Å². The number of phenolic OH excluding ortho intramolecular Hbond substituents is 1. The Hall–Kier alpha value is -4.34. The molecule has 3 amide bonds. The highest BCUT2D eigenvalue weighted by molar-refractivity contribution is 6.77. The number of carbonyl (C=O) groups excluding carboxylic acids is 3. The van der Waals surface area contributed by atoms with Gasteiger partial charge in [-0.15, -0.1) is 0 Å². The Morgan fingerprint density at radius 2 is 1.49 bits per heavy atom. The molecule has 15 nitrogen and oxygen atoms in total. The Balaban J connectivity index is 2.80. The van der Waals surface area contributed by atoms with Gasteiger partial charge in [-0.1, -0.05) is 34.1 Å². The first-order valence-corrected chi connectivity index (χ1v) is 17.2. The SMILES string of the molecule is CC(C)[Si](CCCCC(=O)N[C@@H](CCCN=C(N)N)C(=O)NCC(=O)N[C@@H](CC(=O)O)C(=O)O)(Oc1ccc(O)cc1)C(C)C. The zero-order valence-electron chi connectivity index (χ0n) is 26.4. The van der Waals surface area contributed by atoms with Gasteiger partial charge in [0.1, 0.15) is 23.6 Å². The van der Waals surface area contributed by atoms with E-state index in [1.54, 1.807) is 24.3 Å². The molecule has 252 valence electrons. The van der Waals surface area contributed by atoms with Gasteiger partial charge in [-0.05, 0) is 60.7 Å². The number of guanidine groups is 1. The van der Waals surface area contributed by atoms with Crippen molar-refractivity contribution in [1.82, 2.24) is 16.0 Å². The fourth-order valence-electron chi connectivity index (χ4n) is 4.90. The smallest absolute Gasteiger partial charge is 0.326 e. The third kappa shape index (κ3) is 14.3. The Labute approximate surface area is 264 Å². The maximum atomic E-state index is 12.9. The monoisotopic (exact) mass is 652 g/mol. The van der Waals surface area contributed by atoms with E-state index in [9.17, 15) is 29.1 Å². The van der Waals surface area contributed by atoms with Crippen LogP contribution in [0.4, 0.5) is 0 Å². The summed E-state index contributed by atoms with van der Waals surface area (Å²) >= 11 is 0. The number of hydrogen-bond donors (Lipinski definition) is 8. The van der Waals surface area contributed by atoms with Crippen LogP contribution in [0.15, 0.2) is 29.3 Å². The van der Waals surface area contributed by atoms with Crippen molar-refractivity contribution < 1.29 is 43.7 Å². The van der Waals surface area contributed by atoms with Crippen LogP contribution < -0.4 is 31.8 Å². The third-order valence-electron chi connectivity index (χ3n) is 7.35. The quantitative estimate of drug-likeness (QED) is 0.0407. The van der Waals surface area contributed by atoms with Gasteiger partial charge in [0.25, 0.3) is 8.32 Å². The number of unbranched alkanes of at least 4 members (excludes halogenated alkanes) is 1. The van der Waals surface area contributed by atoms with Crippen LogP contribution in [0.2, 0.25) is 17.1 Å². The summed E-state index contributed by atoms with van der Waals surface area (Å²) in [4.78, 5) is 63.8. The number of nitrogens with one attached hydrogen (secondary N) is 3. The molecule has 0 saturated carbocycles. The Bertz CT molecular complexity index is 1170. The minimum absolute atomic E-state index is 0.122. The largest absolute Gasteiger partial charge is 0.543 e. The first-order chi connectivity index (χ1) is 21.1. The number of benzene rings is 1. The van der Waals surface area contributed by atoms with E-state index in [1.165, 1.54) is 0 Å². The highest BCUT2D eigenvalue weighted by Gasteiger charge is 2.43. The minimum Gasteiger partial charge on any atom is -0.543 e. The average molecular weight is 653 g/mol. The first-order valence-electron chi connectivity index (χ1n) is 14.9. The van der Waals surface area contributed by atoms with Gasteiger partial charge in [0.15, 0.2) is 5.96 Å². The molecule has 0 fully saturated rings. The average Bonchev–Trinajstić information content (AvgIpc) is 2.94. The van der Waals surface area contributed by atoms with Crippen molar-refractivity contribution in [2.75, 3.05) is 13.1 Å². The summed E-state index contributed by atoms with van der Waals surface area (Å²) < 4.78 is 6.61. The van der Waals surface area contributed by atoms with Gasteiger partial charge in [0, 0.05) is 13.0 Å². The van der Waals surface area contributed by atoms with Crippen LogP contribution in [0.25, 0.3) is 0 Å². The lowest BCUT2D eigenvalue weighted by molar-refractivity contribution is -0.147. The second-order valence-electron chi connectivity index (χ2n) is 11.4. The molecule has 0 aromatic heterocycles. The van der Waals surface area contributed by atoms with Crippen molar-refractivity contribution in [1.29, 1.82) is 0 Å². The van der Waals surface area contributed by atoms with E-state index >= 15 is 0 Å². The number of carboxylic acids is 2. The summed E-state index contributed by atoms with van der Waals surface area (Å²) in [5.41, 5.74) is 11.3. The molecule has 0 aliphatic rings. The topological polar surface area (TPSA) is 256 Å². The number of hydrogen-bond acceptors (Lipinski definition) is 8. The fraction of sp³-hybridized carbons (Fsp3) is 0.586. The normalized spacial score (nSPS) is 12.6.